The standard InChI is InChI=1S/C12H11Cl2NO2/c1-6-4-7(13)10-11(14)8(16-2)5-9(17-3)12(10)15-6/h4-5H,1-3H3. The molecule has 2 aromatic rings. The molecule has 0 aliphatic rings. The number of benzene rings is 1. The van der Waals surface area contributed by atoms with Gasteiger partial charge in [0.1, 0.15) is 17.0 Å². The summed E-state index contributed by atoms with van der Waals surface area (Å²) in [5.41, 5.74) is 1.45. The Hall–Kier alpha value is -1.19. The highest BCUT2D eigenvalue weighted by molar-refractivity contribution is 6.43. The number of aromatic nitrogens is 1. The van der Waals surface area contributed by atoms with E-state index in [0.717, 1.165) is 5.69 Å². The zero-order valence-corrected chi connectivity index (χ0v) is 11.2. The first-order valence-electron chi connectivity index (χ1n) is 4.95. The summed E-state index contributed by atoms with van der Waals surface area (Å²) in [7, 11) is 3.11. The fourth-order valence-corrected chi connectivity index (χ4v) is 2.41. The number of hydrogen-bond acceptors (Lipinski definition) is 3. The van der Waals surface area contributed by atoms with Gasteiger partial charge in [0.15, 0.2) is 0 Å². The third kappa shape index (κ3) is 2.01. The Kier molecular flexibility index (Phi) is 3.31. The highest BCUT2D eigenvalue weighted by atomic mass is 35.5. The lowest BCUT2D eigenvalue weighted by Gasteiger charge is -2.12. The Morgan fingerprint density at radius 2 is 1.71 bits per heavy atom. The molecule has 3 nitrogen and oxygen atoms in total. The van der Waals surface area contributed by atoms with Crippen molar-refractivity contribution in [1.82, 2.24) is 4.98 Å². The van der Waals surface area contributed by atoms with Gasteiger partial charge in [-0.15, -0.1) is 0 Å². The van der Waals surface area contributed by atoms with Crippen molar-refractivity contribution in [2.75, 3.05) is 14.2 Å². The van der Waals surface area contributed by atoms with Crippen LogP contribution in [0.1, 0.15) is 5.69 Å². The molecule has 0 N–H and O–H groups in total. The van der Waals surface area contributed by atoms with Crippen LogP contribution in [0.4, 0.5) is 0 Å². The van der Waals surface area contributed by atoms with Gasteiger partial charge in [-0.25, -0.2) is 4.98 Å². The fourth-order valence-electron chi connectivity index (χ4n) is 1.70. The maximum Gasteiger partial charge on any atom is 0.148 e. The van der Waals surface area contributed by atoms with Crippen LogP contribution in [0.15, 0.2) is 12.1 Å². The summed E-state index contributed by atoms with van der Waals surface area (Å²) < 4.78 is 10.5. The summed E-state index contributed by atoms with van der Waals surface area (Å²) in [5.74, 6) is 1.11. The van der Waals surface area contributed by atoms with Crippen molar-refractivity contribution in [2.24, 2.45) is 0 Å². The van der Waals surface area contributed by atoms with Gasteiger partial charge in [0.2, 0.25) is 0 Å². The number of methoxy groups -OCH3 is 2. The van der Waals surface area contributed by atoms with Gasteiger partial charge in [0.25, 0.3) is 0 Å². The van der Waals surface area contributed by atoms with Gasteiger partial charge in [0.05, 0.1) is 24.3 Å². The number of nitrogens with zero attached hydrogens (tertiary/aromatic N) is 1. The summed E-state index contributed by atoms with van der Waals surface area (Å²) in [6.45, 7) is 1.86. The molecule has 90 valence electrons. The molecule has 0 amide bonds. The van der Waals surface area contributed by atoms with Crippen molar-refractivity contribution >= 4 is 34.1 Å². The first-order valence-corrected chi connectivity index (χ1v) is 5.71. The molecule has 0 radical (unpaired) electrons. The molecule has 0 spiro atoms. The second-order valence-electron chi connectivity index (χ2n) is 3.56. The van der Waals surface area contributed by atoms with Crippen LogP contribution in [0, 0.1) is 6.92 Å². The first kappa shape index (κ1) is 12.3. The number of aryl methyl sites for hydroxylation is 1. The Labute approximate surface area is 109 Å². The number of ether oxygens (including phenoxy) is 2. The molecule has 0 saturated heterocycles. The van der Waals surface area contributed by atoms with E-state index in [-0.39, 0.29) is 0 Å². The van der Waals surface area contributed by atoms with Gasteiger partial charge in [-0.3, -0.25) is 0 Å². The van der Waals surface area contributed by atoms with Crippen molar-refractivity contribution in [2.45, 2.75) is 6.92 Å². The van der Waals surface area contributed by atoms with E-state index in [1.165, 1.54) is 0 Å². The number of rotatable bonds is 2. The summed E-state index contributed by atoms with van der Waals surface area (Å²) in [4.78, 5) is 4.39. The van der Waals surface area contributed by atoms with Crippen LogP contribution < -0.4 is 9.47 Å². The van der Waals surface area contributed by atoms with E-state index < -0.39 is 0 Å². The van der Waals surface area contributed by atoms with Crippen LogP contribution >= 0.6 is 23.2 Å². The lowest BCUT2D eigenvalue weighted by molar-refractivity contribution is 0.397. The maximum absolute atomic E-state index is 6.22. The second-order valence-corrected chi connectivity index (χ2v) is 4.35. The van der Waals surface area contributed by atoms with Gasteiger partial charge in [-0.05, 0) is 13.0 Å². The predicted molar refractivity (Wildman–Crippen MR) is 69.6 cm³/mol. The van der Waals surface area contributed by atoms with Crippen molar-refractivity contribution < 1.29 is 9.47 Å². The molecule has 5 heteroatoms. The fraction of sp³-hybridized carbons (Fsp3) is 0.250. The molecule has 0 fully saturated rings. The van der Waals surface area contributed by atoms with Gasteiger partial charge in [-0.2, -0.15) is 0 Å². The zero-order valence-electron chi connectivity index (χ0n) is 9.67. The molecule has 0 saturated carbocycles. The summed E-state index contributed by atoms with van der Waals surface area (Å²) in [5, 5.41) is 1.63. The van der Waals surface area contributed by atoms with Crippen LogP contribution in [0.3, 0.4) is 0 Å². The molecular formula is C12H11Cl2NO2. The van der Waals surface area contributed by atoms with Gasteiger partial charge < -0.3 is 9.47 Å². The lowest BCUT2D eigenvalue weighted by atomic mass is 10.1. The molecule has 0 unspecified atom stereocenters. The Balaban J connectivity index is 2.94. The monoisotopic (exact) mass is 271 g/mol. The Bertz CT molecular complexity index is 584. The van der Waals surface area contributed by atoms with E-state index in [1.807, 2.05) is 6.92 Å². The molecule has 1 aromatic carbocycles. The predicted octanol–water partition coefficient (Wildman–Crippen LogP) is 3.87. The van der Waals surface area contributed by atoms with Crippen molar-refractivity contribution in [3.63, 3.8) is 0 Å². The number of hydrogen-bond donors (Lipinski definition) is 0. The molecule has 0 atom stereocenters. The van der Waals surface area contributed by atoms with Crippen LogP contribution in [-0.4, -0.2) is 19.2 Å². The highest BCUT2D eigenvalue weighted by Gasteiger charge is 2.16. The molecule has 0 aliphatic carbocycles. The molecule has 17 heavy (non-hydrogen) atoms. The molecule has 0 bridgehead atoms. The topological polar surface area (TPSA) is 31.4 Å². The summed E-state index contributed by atoms with van der Waals surface area (Å²) in [6.07, 6.45) is 0. The van der Waals surface area contributed by atoms with Gasteiger partial charge in [0, 0.05) is 17.1 Å². The van der Waals surface area contributed by atoms with Crippen molar-refractivity contribution in [1.29, 1.82) is 0 Å². The van der Waals surface area contributed by atoms with E-state index in [0.29, 0.717) is 32.4 Å². The lowest BCUT2D eigenvalue weighted by Crippen LogP contribution is -1.94. The minimum absolute atomic E-state index is 0.445. The minimum Gasteiger partial charge on any atom is -0.495 e. The van der Waals surface area contributed by atoms with E-state index in [1.54, 1.807) is 26.4 Å². The van der Waals surface area contributed by atoms with E-state index >= 15 is 0 Å². The largest absolute Gasteiger partial charge is 0.495 e. The minimum atomic E-state index is 0.445. The van der Waals surface area contributed by atoms with E-state index in [2.05, 4.69) is 4.98 Å². The first-order chi connectivity index (χ1) is 8.08. The number of fused-ring (bicyclic) bond motifs is 1. The van der Waals surface area contributed by atoms with Crippen LogP contribution in [0.5, 0.6) is 11.5 Å². The third-order valence-electron chi connectivity index (χ3n) is 2.47. The molecule has 0 aliphatic heterocycles. The number of pyridine rings is 1. The molecule has 1 heterocycles. The van der Waals surface area contributed by atoms with Gasteiger partial charge in [-0.1, -0.05) is 23.2 Å². The van der Waals surface area contributed by atoms with Gasteiger partial charge >= 0.3 is 0 Å². The highest BCUT2D eigenvalue weighted by Crippen LogP contribution is 2.41. The quantitative estimate of drug-likeness (QED) is 0.831. The van der Waals surface area contributed by atoms with Crippen LogP contribution in [0.25, 0.3) is 10.9 Å². The summed E-state index contributed by atoms with van der Waals surface area (Å²) in [6, 6.07) is 3.46. The van der Waals surface area contributed by atoms with E-state index in [9.17, 15) is 0 Å². The zero-order chi connectivity index (χ0) is 12.6. The van der Waals surface area contributed by atoms with Crippen LogP contribution in [0.2, 0.25) is 10.0 Å². The van der Waals surface area contributed by atoms with Crippen molar-refractivity contribution in [3.05, 3.63) is 27.9 Å². The Morgan fingerprint density at radius 3 is 2.29 bits per heavy atom. The summed E-state index contributed by atoms with van der Waals surface area (Å²) >= 11 is 12.4. The Morgan fingerprint density at radius 1 is 1.06 bits per heavy atom. The normalized spacial score (nSPS) is 10.6. The smallest absolute Gasteiger partial charge is 0.148 e. The average Bonchev–Trinajstić information content (AvgIpc) is 2.28. The third-order valence-corrected chi connectivity index (χ3v) is 3.14. The number of halogens is 2. The second kappa shape index (κ2) is 4.59. The SMILES string of the molecule is COc1cc(OC)c2nc(C)cc(Cl)c2c1Cl. The van der Waals surface area contributed by atoms with Crippen LogP contribution in [-0.2, 0) is 0 Å². The van der Waals surface area contributed by atoms with E-state index in [4.69, 9.17) is 32.7 Å². The maximum atomic E-state index is 6.22. The van der Waals surface area contributed by atoms with Crippen molar-refractivity contribution in [3.8, 4) is 11.5 Å². The molecule has 2 rings (SSSR count). The average molecular weight is 272 g/mol. The molecule has 1 aromatic heterocycles. The molecular weight excluding hydrogens is 261 g/mol.